The normalized spacial score (nSPS) is 11.9. The molecule has 0 saturated carbocycles. The molecule has 0 unspecified atom stereocenters. The zero-order valence-corrected chi connectivity index (χ0v) is 30.7. The highest BCUT2D eigenvalue weighted by atomic mass is 32.2. The van der Waals surface area contributed by atoms with Gasteiger partial charge in [0.15, 0.2) is 5.75 Å². The van der Waals surface area contributed by atoms with Gasteiger partial charge in [0.25, 0.3) is 16.0 Å². The van der Waals surface area contributed by atoms with Crippen molar-refractivity contribution >= 4 is 95.8 Å². The first-order valence-electron chi connectivity index (χ1n) is 15.4. The van der Waals surface area contributed by atoms with Gasteiger partial charge in [-0.3, -0.25) is 9.35 Å². The molecule has 0 fully saturated rings. The van der Waals surface area contributed by atoms with Crippen molar-refractivity contribution in [3.05, 3.63) is 96.6 Å². The van der Waals surface area contributed by atoms with Gasteiger partial charge in [-0.1, -0.05) is 16.1 Å². The zero-order chi connectivity index (χ0) is 40.0. The van der Waals surface area contributed by atoms with Crippen molar-refractivity contribution in [1.82, 2.24) is 0 Å². The summed E-state index contributed by atoms with van der Waals surface area (Å²) in [6.07, 6.45) is 0. The van der Waals surface area contributed by atoms with Gasteiger partial charge in [-0.15, -0.1) is 24.0 Å². The molecule has 0 heterocycles. The molecule has 0 aliphatic carbocycles. The predicted molar refractivity (Wildman–Crippen MR) is 203 cm³/mol. The Balaban J connectivity index is 1.29. The number of fused-ring (bicyclic) bond motifs is 2. The molecule has 0 aliphatic heterocycles. The first-order chi connectivity index (χ1) is 26.9. The van der Waals surface area contributed by atoms with Crippen molar-refractivity contribution in [2.24, 2.45) is 20.5 Å². The first kappa shape index (κ1) is 39.8. The Bertz CT molecular complexity index is 2630. The highest BCUT2D eigenvalue weighted by Gasteiger charge is 2.19. The molecule has 0 aliphatic rings. The fraction of sp³-hybridized carbons (Fsp3) is 0.0294. The zero-order valence-electron chi connectivity index (χ0n) is 28.3. The van der Waals surface area contributed by atoms with Crippen molar-refractivity contribution in [1.29, 1.82) is 0 Å². The van der Waals surface area contributed by atoms with Gasteiger partial charge in [-0.2, -0.15) is 13.5 Å². The second-order valence-electron chi connectivity index (χ2n) is 11.3. The summed E-state index contributed by atoms with van der Waals surface area (Å²) in [6, 6.07) is 22.0. The van der Waals surface area contributed by atoms with E-state index in [1.165, 1.54) is 49.6 Å². The number of nitrogen functional groups attached to an aromatic ring is 1. The summed E-state index contributed by atoms with van der Waals surface area (Å²) < 4.78 is 48.2. The van der Waals surface area contributed by atoms with E-state index in [0.717, 1.165) is 6.07 Å². The number of amides is 1. The summed E-state index contributed by atoms with van der Waals surface area (Å²) in [5.41, 5.74) is 7.02. The number of anilines is 2. The summed E-state index contributed by atoms with van der Waals surface area (Å²) in [7, 11) is -3.33. The van der Waals surface area contributed by atoms with Gasteiger partial charge in [0.05, 0.1) is 41.8 Å². The van der Waals surface area contributed by atoms with Crippen LogP contribution in [-0.4, -0.2) is 46.7 Å². The lowest BCUT2D eigenvalue weighted by Gasteiger charge is -2.11. The van der Waals surface area contributed by atoms with E-state index in [4.69, 9.17) is 21.0 Å². The molecule has 56 heavy (non-hydrogen) atoms. The van der Waals surface area contributed by atoms with Gasteiger partial charge in [-0.25, -0.2) is 10.5 Å². The van der Waals surface area contributed by atoms with E-state index in [2.05, 4.69) is 44.5 Å². The largest absolute Gasteiger partial charge is 0.506 e. The number of hydrogen-bond donors (Lipinski definition) is 7. The molecule has 0 spiro atoms. The number of phenols is 2. The Kier molecular flexibility index (Phi) is 12.3. The minimum absolute atomic E-state index is 0.0538. The Labute approximate surface area is 323 Å². The number of nitrogens with zero attached hydrogens (tertiary/aromatic N) is 4. The molecule has 0 atom stereocenters. The van der Waals surface area contributed by atoms with Crippen LogP contribution in [0.5, 0.6) is 17.2 Å². The van der Waals surface area contributed by atoms with Crippen molar-refractivity contribution in [3.63, 3.8) is 0 Å². The second kappa shape index (κ2) is 17.3. The van der Waals surface area contributed by atoms with E-state index < -0.39 is 26.7 Å². The lowest BCUT2D eigenvalue weighted by Crippen LogP contribution is -2.11. The van der Waals surface area contributed by atoms with Crippen molar-refractivity contribution in [2.45, 2.75) is 14.7 Å². The molecule has 0 saturated heterocycles. The summed E-state index contributed by atoms with van der Waals surface area (Å²) in [5, 5.41) is 67.2. The number of carbonyl (C=O) groups excluding carboxylic acids is 1. The number of methoxy groups -OCH3 is 1. The minimum atomic E-state index is -4.66. The molecule has 8 N–H and O–H groups in total. The second-order valence-corrected chi connectivity index (χ2v) is 14.2. The van der Waals surface area contributed by atoms with E-state index in [1.54, 1.807) is 42.5 Å². The monoisotopic (exact) mass is 822 g/mol. The smallest absolute Gasteiger partial charge is 0.295 e. The molecule has 6 aromatic rings. The number of aromatic hydroxyl groups is 2. The first-order valence-corrected chi connectivity index (χ1v) is 18.4. The van der Waals surface area contributed by atoms with Crippen LogP contribution in [0.4, 0.5) is 34.1 Å². The molecule has 0 bridgehead atoms. The third-order valence-electron chi connectivity index (χ3n) is 7.75. The number of ether oxygens (including phenoxy) is 1. The number of phenolic OH excluding ortho intramolecular Hbond substituents is 2. The Morgan fingerprint density at radius 2 is 1.46 bits per heavy atom. The van der Waals surface area contributed by atoms with Gasteiger partial charge < -0.3 is 26.0 Å². The standard InChI is InChI=1S/C34H26N6O13S3/c1-49-29-16-26(28(41)15-27(29)39-37-22-7-8-24-18(11-22)12-23(54-52-50-44)14-31(24)56(46,47)48)38-40-32-30(55-53-51-45)13-19-10-21(6-9-25(19)33(32)42)36-34(43)17-2-4-20(35)5-3-17/h2-16,41-42,44-45H,35H2,1H3,(H,36,43)(H,46,47,48). The van der Waals surface area contributed by atoms with Crippen LogP contribution in [0.15, 0.2) is 126 Å². The Hall–Kier alpha value is -5.92. The van der Waals surface area contributed by atoms with Crippen LogP contribution < -0.4 is 15.8 Å². The SMILES string of the molecule is COc1cc(N=Nc2c(SOOO)cc3cc(NC(=O)c4ccc(N)cc4)ccc3c2O)c(O)cc1N=Nc1ccc2c(S(=O)(=O)O)cc(SOOO)cc2c1. The predicted octanol–water partition coefficient (Wildman–Crippen LogP) is 9.18. The quantitative estimate of drug-likeness (QED) is 0.0134. The summed E-state index contributed by atoms with van der Waals surface area (Å²) >= 11 is 0.974. The van der Waals surface area contributed by atoms with E-state index in [0.29, 0.717) is 57.2 Å². The summed E-state index contributed by atoms with van der Waals surface area (Å²) in [4.78, 5) is 12.6. The summed E-state index contributed by atoms with van der Waals surface area (Å²) in [5.74, 6) is -1.08. The molecule has 6 rings (SSSR count). The van der Waals surface area contributed by atoms with Crippen molar-refractivity contribution in [2.75, 3.05) is 18.2 Å². The van der Waals surface area contributed by atoms with E-state index >= 15 is 0 Å². The molecule has 19 nitrogen and oxygen atoms in total. The number of benzene rings is 6. The Morgan fingerprint density at radius 3 is 2.18 bits per heavy atom. The lowest BCUT2D eigenvalue weighted by molar-refractivity contribution is -0.432. The molecule has 288 valence electrons. The Morgan fingerprint density at radius 1 is 0.768 bits per heavy atom. The van der Waals surface area contributed by atoms with Crippen LogP contribution in [-0.2, 0) is 28.9 Å². The maximum absolute atomic E-state index is 12.7. The van der Waals surface area contributed by atoms with Gasteiger partial charge in [0.1, 0.15) is 33.5 Å². The van der Waals surface area contributed by atoms with Crippen LogP contribution in [0, 0.1) is 0 Å². The third-order valence-corrected chi connectivity index (χ3v) is 9.82. The number of azo groups is 2. The fourth-order valence-corrected chi connectivity index (χ4v) is 7.00. The van der Waals surface area contributed by atoms with Crippen LogP contribution >= 0.6 is 24.1 Å². The van der Waals surface area contributed by atoms with Crippen LogP contribution in [0.25, 0.3) is 21.5 Å². The van der Waals surface area contributed by atoms with Crippen molar-refractivity contribution in [3.8, 4) is 17.2 Å². The number of carbonyl (C=O) groups is 1. The van der Waals surface area contributed by atoms with Crippen LogP contribution in [0.1, 0.15) is 10.4 Å². The molecule has 22 heteroatoms. The van der Waals surface area contributed by atoms with E-state index in [-0.39, 0.29) is 49.4 Å². The maximum Gasteiger partial charge on any atom is 0.295 e. The molecule has 0 radical (unpaired) electrons. The minimum Gasteiger partial charge on any atom is -0.506 e. The highest BCUT2D eigenvalue weighted by Crippen LogP contribution is 2.46. The van der Waals surface area contributed by atoms with Gasteiger partial charge in [0, 0.05) is 44.7 Å². The van der Waals surface area contributed by atoms with E-state index in [9.17, 15) is 28.0 Å². The van der Waals surface area contributed by atoms with Gasteiger partial charge in [-0.05, 0) is 83.6 Å². The maximum atomic E-state index is 12.7. The lowest BCUT2D eigenvalue weighted by atomic mass is 10.1. The topological polar surface area (TPSA) is 286 Å². The number of rotatable bonds is 14. The molecule has 1 amide bonds. The highest BCUT2D eigenvalue weighted by molar-refractivity contribution is 7.95. The summed E-state index contributed by atoms with van der Waals surface area (Å²) in [6.45, 7) is 0. The number of nitrogens with one attached hydrogen (secondary N) is 1. The van der Waals surface area contributed by atoms with Crippen LogP contribution in [0.3, 0.4) is 0 Å². The van der Waals surface area contributed by atoms with E-state index in [1.807, 2.05) is 0 Å². The number of nitrogens with two attached hydrogens (primary N) is 1. The number of hydrogen-bond acceptors (Lipinski definition) is 19. The molecule has 6 aromatic carbocycles. The molecular formula is C34H26N6O13S3. The van der Waals surface area contributed by atoms with Gasteiger partial charge in [0.2, 0.25) is 0 Å². The molecular weight excluding hydrogens is 797 g/mol. The molecule has 0 aromatic heterocycles. The van der Waals surface area contributed by atoms with Crippen LogP contribution in [0.2, 0.25) is 0 Å². The fourth-order valence-electron chi connectivity index (χ4n) is 5.24. The average molecular weight is 823 g/mol. The van der Waals surface area contributed by atoms with Crippen molar-refractivity contribution < 1.29 is 62.0 Å². The van der Waals surface area contributed by atoms with Gasteiger partial charge >= 0.3 is 0 Å². The third kappa shape index (κ3) is 9.12. The average Bonchev–Trinajstić information content (AvgIpc) is 3.17.